The molecule has 0 aliphatic rings. The first-order valence-corrected chi connectivity index (χ1v) is 36.5. The lowest BCUT2D eigenvalue weighted by Gasteiger charge is -2.30. The quantitative estimate of drug-likeness (QED) is 0.0243. The van der Waals surface area contributed by atoms with Gasteiger partial charge >= 0.3 is 24.1 Å². The Morgan fingerprint density at radius 1 is 0.385 bits per heavy atom. The van der Waals surface area contributed by atoms with Crippen LogP contribution in [0, 0.1) is 0 Å². The summed E-state index contributed by atoms with van der Waals surface area (Å²) in [6.07, 6.45) is 50.9. The Hall–Kier alpha value is -3.32. The molecule has 2 unspecified atom stereocenters. The third kappa shape index (κ3) is 66.5. The van der Waals surface area contributed by atoms with Gasteiger partial charge in [0.05, 0.1) is 72.6 Å². The molecule has 0 heterocycles. The fourth-order valence-electron chi connectivity index (χ4n) is 9.40. The topological polar surface area (TPSA) is 176 Å². The van der Waals surface area contributed by atoms with E-state index in [1.807, 2.05) is 0 Å². The zero-order valence-electron chi connectivity index (χ0n) is 60.8. The van der Waals surface area contributed by atoms with Gasteiger partial charge < -0.3 is 52.1 Å². The van der Waals surface area contributed by atoms with Crippen molar-refractivity contribution in [2.24, 2.45) is 0 Å². The molecule has 0 aromatic heterocycles. The number of carbonyl (C=O) groups excluding carboxylic acids is 4. The standard InChI is InChI=1S/C67H126N2O15.C7H16/c1-11-13-15-17-19-21-23-25-27-29-31-33-35-37-39-41-45-78-58-61(80-46-42-40-38-36-34-32-30-28-26-24-22-20-18-16-14-12-2)59-79-54-53-76-50-49-75-51-52-77-55-56-81-62(70)57-68(64(72)83-66(4,5)6)43-48-82-63(71)60(3)69(44-47-74-10)65(73)84-67(7,8)9;1-3-5-7-6-4-2/h25-28,60-61H,11-24,29-59H2,1-10H3;3-7H2,1-2H3/b27-25-,28-26-;. The summed E-state index contributed by atoms with van der Waals surface area (Å²) in [4.78, 5) is 53.9. The molecule has 0 saturated heterocycles. The highest BCUT2D eigenvalue weighted by Crippen LogP contribution is 2.16. The van der Waals surface area contributed by atoms with Gasteiger partial charge in [-0.3, -0.25) is 14.6 Å². The summed E-state index contributed by atoms with van der Waals surface area (Å²) >= 11 is 0. The van der Waals surface area contributed by atoms with Crippen molar-refractivity contribution in [3.8, 4) is 0 Å². The Labute approximate surface area is 557 Å². The third-order valence-electron chi connectivity index (χ3n) is 14.8. The summed E-state index contributed by atoms with van der Waals surface area (Å²) in [6.45, 7) is 25.0. The maximum Gasteiger partial charge on any atom is 0.411 e. The molecular formula is C74H142N2O15. The molecule has 91 heavy (non-hydrogen) atoms. The minimum absolute atomic E-state index is 0.0491. The van der Waals surface area contributed by atoms with Crippen molar-refractivity contribution in [2.75, 3.05) is 119 Å². The zero-order valence-corrected chi connectivity index (χ0v) is 60.8. The number of hydrogen-bond acceptors (Lipinski definition) is 15. The summed E-state index contributed by atoms with van der Waals surface area (Å²) in [5.41, 5.74) is -1.63. The molecule has 0 aromatic rings. The number of rotatable bonds is 63. The van der Waals surface area contributed by atoms with Crippen LogP contribution in [-0.4, -0.2) is 177 Å². The van der Waals surface area contributed by atoms with E-state index in [0.717, 1.165) is 24.3 Å². The van der Waals surface area contributed by atoms with Crippen molar-refractivity contribution < 1.29 is 71.3 Å². The van der Waals surface area contributed by atoms with Gasteiger partial charge in [0.15, 0.2) is 0 Å². The molecule has 0 saturated carbocycles. The predicted molar refractivity (Wildman–Crippen MR) is 371 cm³/mol. The summed E-state index contributed by atoms with van der Waals surface area (Å²) in [5.74, 6) is -1.42. The Balaban J connectivity index is 0. The molecule has 0 spiro atoms. The van der Waals surface area contributed by atoms with Crippen LogP contribution < -0.4 is 0 Å². The molecule has 0 aromatic carbocycles. The van der Waals surface area contributed by atoms with E-state index in [0.29, 0.717) is 52.9 Å². The summed E-state index contributed by atoms with van der Waals surface area (Å²) in [7, 11) is 1.48. The summed E-state index contributed by atoms with van der Waals surface area (Å²) < 4.78 is 62.1. The monoisotopic (exact) mass is 1300 g/mol. The van der Waals surface area contributed by atoms with E-state index in [2.05, 4.69) is 52.0 Å². The van der Waals surface area contributed by atoms with Gasteiger partial charge in [-0.05, 0) is 113 Å². The first-order chi connectivity index (χ1) is 44.0. The number of amides is 2. The van der Waals surface area contributed by atoms with Crippen molar-refractivity contribution in [1.29, 1.82) is 0 Å². The van der Waals surface area contributed by atoms with Crippen LogP contribution in [0.3, 0.4) is 0 Å². The number of allylic oxidation sites excluding steroid dienone is 4. The SMILES string of the molecule is CCCCCCC.CCCCCCCC/C=C\CCCCCCCCOCC(COCCOCCOCCOCCOC(=O)CN(CCOC(=O)C(C)N(CCOC)C(=O)OC(C)(C)C)C(=O)OC(C)(C)C)OCCCCCCCC/C=C\CCCCCCCC. The van der Waals surface area contributed by atoms with Crippen molar-refractivity contribution >= 4 is 24.1 Å². The molecular weight excluding hydrogens is 1160 g/mol. The molecule has 2 atom stereocenters. The molecule has 0 aliphatic heterocycles. The lowest BCUT2D eigenvalue weighted by atomic mass is 10.1. The smallest absolute Gasteiger partial charge is 0.411 e. The summed E-state index contributed by atoms with van der Waals surface area (Å²) in [6, 6.07) is -1.01. The highest BCUT2D eigenvalue weighted by molar-refractivity contribution is 5.81. The molecule has 0 aliphatic carbocycles. The van der Waals surface area contributed by atoms with Crippen LogP contribution in [0.25, 0.3) is 0 Å². The van der Waals surface area contributed by atoms with Crippen LogP contribution in [0.1, 0.15) is 288 Å². The Morgan fingerprint density at radius 2 is 0.747 bits per heavy atom. The minimum Gasteiger partial charge on any atom is -0.462 e. The van der Waals surface area contributed by atoms with Gasteiger partial charge in [-0.2, -0.15) is 0 Å². The molecule has 0 bridgehead atoms. The van der Waals surface area contributed by atoms with E-state index in [9.17, 15) is 19.2 Å². The van der Waals surface area contributed by atoms with E-state index in [4.69, 9.17) is 52.1 Å². The van der Waals surface area contributed by atoms with Gasteiger partial charge in [0.2, 0.25) is 0 Å². The zero-order chi connectivity index (χ0) is 67.6. The van der Waals surface area contributed by atoms with Gasteiger partial charge in [0.1, 0.15) is 43.1 Å². The molecule has 17 nitrogen and oxygen atoms in total. The first-order valence-electron chi connectivity index (χ1n) is 36.5. The number of nitrogens with zero attached hydrogens (tertiary/aromatic N) is 2. The van der Waals surface area contributed by atoms with Crippen molar-refractivity contribution in [3.63, 3.8) is 0 Å². The van der Waals surface area contributed by atoms with E-state index in [-0.39, 0.29) is 52.2 Å². The number of carbonyl (C=O) groups is 4. The third-order valence-corrected chi connectivity index (χ3v) is 14.8. The van der Waals surface area contributed by atoms with Gasteiger partial charge in [-0.1, -0.05) is 200 Å². The molecule has 0 N–H and O–H groups in total. The van der Waals surface area contributed by atoms with E-state index in [1.54, 1.807) is 41.5 Å². The number of esters is 2. The van der Waals surface area contributed by atoms with Crippen molar-refractivity contribution in [2.45, 2.75) is 311 Å². The fraction of sp³-hybridized carbons (Fsp3) is 0.892. The van der Waals surface area contributed by atoms with Crippen LogP contribution >= 0.6 is 0 Å². The second-order valence-electron chi connectivity index (χ2n) is 26.0. The van der Waals surface area contributed by atoms with Crippen LogP contribution in [0.4, 0.5) is 9.59 Å². The normalized spacial score (nSPS) is 12.5. The fourth-order valence-corrected chi connectivity index (χ4v) is 9.40. The molecule has 17 heteroatoms. The van der Waals surface area contributed by atoms with Crippen LogP contribution in [0.15, 0.2) is 24.3 Å². The maximum atomic E-state index is 13.0. The van der Waals surface area contributed by atoms with Gasteiger partial charge in [-0.15, -0.1) is 0 Å². The summed E-state index contributed by atoms with van der Waals surface area (Å²) in [5, 5.41) is 0. The number of ether oxygens (including phenoxy) is 11. The Kier molecular flexibility index (Phi) is 65.8. The van der Waals surface area contributed by atoms with Gasteiger partial charge in [-0.25, -0.2) is 14.4 Å². The van der Waals surface area contributed by atoms with E-state index in [1.165, 1.54) is 218 Å². The molecule has 0 radical (unpaired) electrons. The largest absolute Gasteiger partial charge is 0.462 e. The van der Waals surface area contributed by atoms with E-state index >= 15 is 0 Å². The Bertz CT molecular complexity index is 1670. The first kappa shape index (κ1) is 89.7. The van der Waals surface area contributed by atoms with Crippen LogP contribution in [0.2, 0.25) is 0 Å². The molecule has 538 valence electrons. The van der Waals surface area contributed by atoms with Crippen LogP contribution in [-0.2, 0) is 61.7 Å². The Morgan fingerprint density at radius 3 is 1.18 bits per heavy atom. The molecule has 0 rings (SSSR count). The van der Waals surface area contributed by atoms with Crippen LogP contribution in [0.5, 0.6) is 0 Å². The average Bonchev–Trinajstić information content (AvgIpc) is 2.08. The van der Waals surface area contributed by atoms with Gasteiger partial charge in [0.25, 0.3) is 0 Å². The predicted octanol–water partition coefficient (Wildman–Crippen LogP) is 18.1. The number of hydrogen-bond donors (Lipinski definition) is 0. The maximum absolute atomic E-state index is 13.0. The van der Waals surface area contributed by atoms with Crippen molar-refractivity contribution in [1.82, 2.24) is 9.80 Å². The number of methoxy groups -OCH3 is 1. The second kappa shape index (κ2) is 66.7. The van der Waals surface area contributed by atoms with E-state index < -0.39 is 47.9 Å². The highest BCUT2D eigenvalue weighted by atomic mass is 16.6. The highest BCUT2D eigenvalue weighted by Gasteiger charge is 2.32. The lowest BCUT2D eigenvalue weighted by molar-refractivity contribution is -0.150. The second-order valence-corrected chi connectivity index (χ2v) is 26.0. The number of unbranched alkanes of at least 4 members (excludes halogenated alkanes) is 28. The lowest BCUT2D eigenvalue weighted by Crippen LogP contribution is -2.48. The van der Waals surface area contributed by atoms with Crippen molar-refractivity contribution in [3.05, 3.63) is 24.3 Å². The minimum atomic E-state index is -1.01. The molecule has 0 fully saturated rings. The molecule has 2 amide bonds. The average molecular weight is 1300 g/mol. The van der Waals surface area contributed by atoms with Gasteiger partial charge in [0, 0.05) is 26.9 Å².